The first-order valence-electron chi connectivity index (χ1n) is 9.38. The molecule has 0 spiro atoms. The van der Waals surface area contributed by atoms with Crippen LogP contribution in [0.15, 0.2) is 42.5 Å². The number of para-hydroxylation sites is 1. The summed E-state index contributed by atoms with van der Waals surface area (Å²) in [7, 11) is 0. The second-order valence-corrected chi connectivity index (χ2v) is 14.0. The molecule has 0 unspecified atom stereocenters. The van der Waals surface area contributed by atoms with E-state index < -0.39 is 0 Å². The summed E-state index contributed by atoms with van der Waals surface area (Å²) in [6.45, 7) is 20.7. The van der Waals surface area contributed by atoms with Gasteiger partial charge >= 0.3 is 167 Å². The van der Waals surface area contributed by atoms with Crippen molar-refractivity contribution < 1.29 is 4.74 Å². The third kappa shape index (κ3) is 5.63. The molecule has 0 radical (unpaired) electrons. The van der Waals surface area contributed by atoms with Crippen molar-refractivity contribution in [2.24, 2.45) is 0 Å². The Morgan fingerprint density at radius 2 is 1.15 bits per heavy atom. The molecule has 0 N–H and O–H groups in total. The Hall–Kier alpha value is -1.24. The molecule has 2 aromatic carbocycles. The number of rotatable bonds is 3. The minimum atomic E-state index is 0.0219. The molecule has 2 rings (SSSR count). The van der Waals surface area contributed by atoms with Gasteiger partial charge in [-0.15, -0.1) is 0 Å². The fourth-order valence-electron chi connectivity index (χ4n) is 2.85. The van der Waals surface area contributed by atoms with E-state index in [1.165, 1.54) is 15.6 Å². The van der Waals surface area contributed by atoms with Crippen LogP contribution in [-0.2, 0) is 10.8 Å². The second kappa shape index (κ2) is 7.41. The van der Waals surface area contributed by atoms with Crippen LogP contribution in [0.2, 0.25) is 4.31 Å². The molecule has 0 atom stereocenters. The quantitative estimate of drug-likeness (QED) is 0.510. The van der Waals surface area contributed by atoms with E-state index in [1.54, 1.807) is 0 Å². The van der Waals surface area contributed by atoms with Crippen LogP contribution in [-0.4, -0.2) is 15.0 Å². The van der Waals surface area contributed by atoms with Gasteiger partial charge in [-0.05, 0) is 0 Å². The first kappa shape index (κ1) is 21.1. The Morgan fingerprint density at radius 3 is 1.54 bits per heavy atom. The fraction of sp³-hybridized carbons (Fsp3) is 0.500. The molecule has 142 valence electrons. The predicted octanol–water partition coefficient (Wildman–Crippen LogP) is 6.62. The van der Waals surface area contributed by atoms with Crippen molar-refractivity contribution in [3.8, 4) is 11.5 Å². The summed E-state index contributed by atoms with van der Waals surface area (Å²) in [4.78, 5) is 0. The zero-order chi connectivity index (χ0) is 19.8. The monoisotopic (exact) mass is 418 g/mol. The summed E-state index contributed by atoms with van der Waals surface area (Å²) >= 11 is 0.415. The van der Waals surface area contributed by atoms with Crippen molar-refractivity contribution in [3.63, 3.8) is 0 Å². The summed E-state index contributed by atoms with van der Waals surface area (Å²) in [6, 6.07) is 14.9. The van der Waals surface area contributed by atoms with Gasteiger partial charge in [-0.25, -0.2) is 0 Å². The standard InChI is InChI=1S/C24H34OSe/c1-22(2,3)19-15-18(26-24(7,8)9)16-20(23(4,5)6)21(19)25-17-13-11-10-12-14-17/h10-16H,1-9H3. The Morgan fingerprint density at radius 1 is 0.692 bits per heavy atom. The third-order valence-electron chi connectivity index (χ3n) is 4.07. The molecule has 0 aliphatic carbocycles. The Labute approximate surface area is 166 Å². The van der Waals surface area contributed by atoms with Gasteiger partial charge in [-0.2, -0.15) is 0 Å². The van der Waals surface area contributed by atoms with Crippen LogP contribution in [0, 0.1) is 0 Å². The van der Waals surface area contributed by atoms with Gasteiger partial charge in [0.1, 0.15) is 0 Å². The van der Waals surface area contributed by atoms with E-state index in [2.05, 4.69) is 74.4 Å². The van der Waals surface area contributed by atoms with Crippen molar-refractivity contribution in [1.82, 2.24) is 0 Å². The fourth-order valence-corrected chi connectivity index (χ4v) is 5.07. The van der Waals surface area contributed by atoms with Gasteiger partial charge in [0.05, 0.1) is 0 Å². The number of ether oxygens (including phenoxy) is 1. The maximum atomic E-state index is 6.49. The average Bonchev–Trinajstić information content (AvgIpc) is 2.45. The normalized spacial score (nSPS) is 13.0. The van der Waals surface area contributed by atoms with Crippen LogP contribution < -0.4 is 9.20 Å². The van der Waals surface area contributed by atoms with Gasteiger partial charge in [-0.3, -0.25) is 0 Å². The molecule has 0 aliphatic rings. The van der Waals surface area contributed by atoms with E-state index in [0.717, 1.165) is 11.5 Å². The molecular weight excluding hydrogens is 383 g/mol. The molecular formula is C24H34OSe. The molecule has 0 aliphatic heterocycles. The molecule has 0 bridgehead atoms. The number of hydrogen-bond donors (Lipinski definition) is 0. The molecule has 0 aromatic heterocycles. The van der Waals surface area contributed by atoms with Crippen molar-refractivity contribution in [2.45, 2.75) is 77.5 Å². The number of hydrogen-bond acceptors (Lipinski definition) is 1. The maximum absolute atomic E-state index is 6.49. The van der Waals surface area contributed by atoms with Crippen molar-refractivity contribution >= 4 is 19.4 Å². The van der Waals surface area contributed by atoms with E-state index in [0.29, 0.717) is 19.3 Å². The van der Waals surface area contributed by atoms with Gasteiger partial charge in [0.2, 0.25) is 0 Å². The van der Waals surface area contributed by atoms with E-state index in [9.17, 15) is 0 Å². The molecule has 26 heavy (non-hydrogen) atoms. The summed E-state index contributed by atoms with van der Waals surface area (Å²) in [6.07, 6.45) is 0. The first-order chi connectivity index (χ1) is 11.8. The zero-order valence-corrected chi connectivity index (χ0v) is 19.6. The molecule has 0 amide bonds. The van der Waals surface area contributed by atoms with Crippen LogP contribution >= 0.6 is 0 Å². The van der Waals surface area contributed by atoms with E-state index >= 15 is 0 Å². The van der Waals surface area contributed by atoms with Crippen LogP contribution in [0.5, 0.6) is 11.5 Å². The van der Waals surface area contributed by atoms with E-state index in [-0.39, 0.29) is 10.8 Å². The molecule has 2 heteroatoms. The first-order valence-corrected chi connectivity index (χ1v) is 11.1. The molecule has 2 aromatic rings. The third-order valence-corrected chi connectivity index (χ3v) is 6.34. The molecule has 0 saturated heterocycles. The molecule has 0 fully saturated rings. The summed E-state index contributed by atoms with van der Waals surface area (Å²) in [5.74, 6) is 1.93. The Kier molecular flexibility index (Phi) is 6.00. The Balaban J connectivity index is 2.69. The van der Waals surface area contributed by atoms with Gasteiger partial charge in [-0.1, -0.05) is 0 Å². The van der Waals surface area contributed by atoms with Gasteiger partial charge in [0.25, 0.3) is 0 Å². The van der Waals surface area contributed by atoms with E-state index in [1.807, 2.05) is 30.3 Å². The average molecular weight is 417 g/mol. The number of benzene rings is 2. The van der Waals surface area contributed by atoms with E-state index in [4.69, 9.17) is 4.74 Å². The van der Waals surface area contributed by atoms with Crippen molar-refractivity contribution in [2.75, 3.05) is 0 Å². The van der Waals surface area contributed by atoms with Crippen LogP contribution in [0.25, 0.3) is 0 Å². The summed E-state index contributed by atoms with van der Waals surface area (Å²) in [5.41, 5.74) is 2.65. The minimum absolute atomic E-state index is 0.0219. The zero-order valence-electron chi connectivity index (χ0n) is 17.9. The Bertz CT molecular complexity index is 706. The summed E-state index contributed by atoms with van der Waals surface area (Å²) in [5, 5.41) is 0. The van der Waals surface area contributed by atoms with Gasteiger partial charge < -0.3 is 0 Å². The second-order valence-electron chi connectivity index (χ2n) is 9.98. The summed E-state index contributed by atoms with van der Waals surface area (Å²) < 4.78 is 8.26. The SMILES string of the molecule is CC(C)(C)[Se]c1cc(C(C)(C)C)c(Oc2ccccc2)c(C(C)(C)C)c1. The van der Waals surface area contributed by atoms with Crippen LogP contribution in [0.1, 0.15) is 73.4 Å². The molecule has 0 saturated carbocycles. The van der Waals surface area contributed by atoms with Crippen LogP contribution in [0.4, 0.5) is 0 Å². The van der Waals surface area contributed by atoms with Crippen LogP contribution in [0.3, 0.4) is 0 Å². The van der Waals surface area contributed by atoms with Gasteiger partial charge in [0.15, 0.2) is 0 Å². The van der Waals surface area contributed by atoms with Crippen molar-refractivity contribution in [1.29, 1.82) is 0 Å². The topological polar surface area (TPSA) is 9.23 Å². The molecule has 1 nitrogen and oxygen atoms in total. The van der Waals surface area contributed by atoms with Gasteiger partial charge in [0, 0.05) is 0 Å². The van der Waals surface area contributed by atoms with Crippen molar-refractivity contribution in [3.05, 3.63) is 53.6 Å². The predicted molar refractivity (Wildman–Crippen MR) is 115 cm³/mol. The molecule has 0 heterocycles.